The van der Waals surface area contributed by atoms with Gasteiger partial charge in [0.15, 0.2) is 0 Å². The Bertz CT molecular complexity index is 917. The first-order valence-electron chi connectivity index (χ1n) is 8.55. The van der Waals surface area contributed by atoms with Crippen LogP contribution in [0.25, 0.3) is 0 Å². The predicted molar refractivity (Wildman–Crippen MR) is 93.7 cm³/mol. The third-order valence-electron chi connectivity index (χ3n) is 4.46. The molecule has 1 saturated heterocycles. The van der Waals surface area contributed by atoms with E-state index in [2.05, 4.69) is 0 Å². The highest BCUT2D eigenvalue weighted by Crippen LogP contribution is 2.29. The smallest absolute Gasteiger partial charge is 0.316 e. The van der Waals surface area contributed by atoms with E-state index in [0.717, 1.165) is 18.2 Å². The number of nitro benzene ring substituents is 1. The lowest BCUT2D eigenvalue weighted by Gasteiger charge is -2.31. The van der Waals surface area contributed by atoms with Crippen molar-refractivity contribution in [2.24, 2.45) is 5.92 Å². The lowest BCUT2D eigenvalue weighted by molar-refractivity contribution is -0.385. The Morgan fingerprint density at radius 3 is 2.46 bits per heavy atom. The van der Waals surface area contributed by atoms with Gasteiger partial charge in [0.25, 0.3) is 5.91 Å². The molecule has 1 amide bonds. The van der Waals surface area contributed by atoms with Crippen molar-refractivity contribution >= 4 is 17.6 Å². The number of amides is 1. The number of ether oxygens (including phenoxy) is 1. The molecule has 1 heterocycles. The number of carbonyl (C=O) groups excluding carboxylic acids is 2. The number of hydrogen-bond donors (Lipinski definition) is 0. The highest BCUT2D eigenvalue weighted by molar-refractivity contribution is 5.94. The maximum atomic E-state index is 13.4. The second kappa shape index (κ2) is 8.12. The number of nitrogens with zero attached hydrogens (tertiary/aromatic N) is 2. The molecule has 146 valence electrons. The van der Waals surface area contributed by atoms with Gasteiger partial charge in [-0.15, -0.1) is 0 Å². The first-order chi connectivity index (χ1) is 13.3. The summed E-state index contributed by atoms with van der Waals surface area (Å²) in [6.07, 6.45) is 0.951. The lowest BCUT2D eigenvalue weighted by atomic mass is 9.97. The van der Waals surface area contributed by atoms with Gasteiger partial charge in [-0.1, -0.05) is 0 Å². The second-order valence-electron chi connectivity index (χ2n) is 6.39. The minimum absolute atomic E-state index is 0.0537. The van der Waals surface area contributed by atoms with Gasteiger partial charge in [-0.05, 0) is 43.2 Å². The summed E-state index contributed by atoms with van der Waals surface area (Å²) in [5, 5.41) is 11.0. The Hall–Kier alpha value is -3.36. The topological polar surface area (TPSA) is 89.8 Å². The molecule has 3 rings (SSSR count). The van der Waals surface area contributed by atoms with Crippen LogP contribution in [-0.2, 0) is 4.79 Å². The maximum Gasteiger partial charge on any atom is 0.316 e. The van der Waals surface area contributed by atoms with E-state index in [1.165, 1.54) is 29.2 Å². The fraction of sp³-hybridized carbons (Fsp3) is 0.263. The molecular weight excluding hydrogens is 374 g/mol. The number of hydrogen-bond acceptors (Lipinski definition) is 5. The van der Waals surface area contributed by atoms with E-state index in [4.69, 9.17) is 4.74 Å². The summed E-state index contributed by atoms with van der Waals surface area (Å²) in [5.41, 5.74) is -0.235. The molecule has 1 unspecified atom stereocenters. The number of halogens is 2. The molecule has 7 nitrogen and oxygen atoms in total. The van der Waals surface area contributed by atoms with Gasteiger partial charge in [0.2, 0.25) is 5.75 Å². The molecule has 0 aliphatic carbocycles. The van der Waals surface area contributed by atoms with Crippen molar-refractivity contribution in [3.05, 3.63) is 69.8 Å². The third kappa shape index (κ3) is 4.30. The summed E-state index contributed by atoms with van der Waals surface area (Å²) in [4.78, 5) is 36.7. The van der Waals surface area contributed by atoms with E-state index in [9.17, 15) is 28.5 Å². The summed E-state index contributed by atoms with van der Waals surface area (Å²) in [6, 6.07) is 7.66. The first-order valence-corrected chi connectivity index (χ1v) is 8.55. The zero-order valence-corrected chi connectivity index (χ0v) is 14.6. The predicted octanol–water partition coefficient (Wildman–Crippen LogP) is 3.33. The van der Waals surface area contributed by atoms with Crippen molar-refractivity contribution in [1.29, 1.82) is 0 Å². The number of benzene rings is 2. The normalized spacial score (nSPS) is 16.5. The zero-order valence-electron chi connectivity index (χ0n) is 14.6. The van der Waals surface area contributed by atoms with Gasteiger partial charge in [-0.3, -0.25) is 19.7 Å². The summed E-state index contributed by atoms with van der Waals surface area (Å²) in [7, 11) is 0. The largest absolute Gasteiger partial charge is 0.419 e. The van der Waals surface area contributed by atoms with Crippen molar-refractivity contribution in [2.45, 2.75) is 12.8 Å². The third-order valence-corrected chi connectivity index (χ3v) is 4.46. The summed E-state index contributed by atoms with van der Waals surface area (Å²) < 4.78 is 31.5. The Kier molecular flexibility index (Phi) is 5.62. The SMILES string of the molecule is O=C(Oc1cc(F)ccc1[N+](=O)[O-])C1CCCN(C(=O)c2ccc(F)cc2)C1. The zero-order chi connectivity index (χ0) is 20.3. The molecule has 0 radical (unpaired) electrons. The van der Waals surface area contributed by atoms with E-state index in [1.54, 1.807) is 0 Å². The van der Waals surface area contributed by atoms with E-state index >= 15 is 0 Å². The minimum Gasteiger partial charge on any atom is -0.419 e. The average Bonchev–Trinajstić information content (AvgIpc) is 2.68. The number of rotatable bonds is 4. The summed E-state index contributed by atoms with van der Waals surface area (Å²) >= 11 is 0. The Morgan fingerprint density at radius 2 is 1.79 bits per heavy atom. The number of piperidine rings is 1. The number of carbonyl (C=O) groups is 2. The van der Waals surface area contributed by atoms with Gasteiger partial charge in [0.05, 0.1) is 10.8 Å². The van der Waals surface area contributed by atoms with Crippen molar-refractivity contribution in [3.8, 4) is 5.75 Å². The van der Waals surface area contributed by atoms with Crippen LogP contribution >= 0.6 is 0 Å². The lowest BCUT2D eigenvalue weighted by Crippen LogP contribution is -2.43. The molecule has 2 aromatic carbocycles. The Labute approximate surface area is 158 Å². The Morgan fingerprint density at radius 1 is 1.11 bits per heavy atom. The summed E-state index contributed by atoms with van der Waals surface area (Å²) in [5.74, 6) is -3.55. The maximum absolute atomic E-state index is 13.4. The molecule has 0 N–H and O–H groups in total. The minimum atomic E-state index is -0.773. The highest BCUT2D eigenvalue weighted by atomic mass is 19.1. The van der Waals surface area contributed by atoms with Gasteiger partial charge < -0.3 is 9.64 Å². The van der Waals surface area contributed by atoms with Crippen LogP contribution in [0.3, 0.4) is 0 Å². The van der Waals surface area contributed by atoms with Gasteiger partial charge in [0, 0.05) is 30.8 Å². The fourth-order valence-corrected chi connectivity index (χ4v) is 3.04. The highest BCUT2D eigenvalue weighted by Gasteiger charge is 2.31. The molecule has 0 aromatic heterocycles. The fourth-order valence-electron chi connectivity index (χ4n) is 3.04. The molecule has 1 aliphatic heterocycles. The van der Waals surface area contributed by atoms with Crippen LogP contribution < -0.4 is 4.74 Å². The van der Waals surface area contributed by atoms with Gasteiger partial charge in [0.1, 0.15) is 11.6 Å². The van der Waals surface area contributed by atoms with E-state index < -0.39 is 39.9 Å². The number of likely N-dealkylation sites (tertiary alicyclic amines) is 1. The molecule has 1 aliphatic rings. The van der Waals surface area contributed by atoms with E-state index in [1.807, 2.05) is 0 Å². The second-order valence-corrected chi connectivity index (χ2v) is 6.39. The molecule has 0 spiro atoms. The molecule has 28 heavy (non-hydrogen) atoms. The van der Waals surface area contributed by atoms with Crippen molar-refractivity contribution < 1.29 is 28.0 Å². The van der Waals surface area contributed by atoms with Crippen LogP contribution in [0.5, 0.6) is 5.75 Å². The van der Waals surface area contributed by atoms with Crippen molar-refractivity contribution in [1.82, 2.24) is 4.90 Å². The summed E-state index contributed by atoms with van der Waals surface area (Å²) in [6.45, 7) is 0.470. The average molecular weight is 390 g/mol. The molecular formula is C19H16F2N2O5. The number of nitro groups is 1. The molecule has 9 heteroatoms. The molecule has 2 aromatic rings. The molecule has 1 atom stereocenters. The van der Waals surface area contributed by atoms with Crippen LogP contribution in [-0.4, -0.2) is 34.8 Å². The standard InChI is InChI=1S/C19H16F2N2O5/c20-14-5-3-12(4-6-14)18(24)22-9-1-2-13(11-22)19(25)28-17-10-15(21)7-8-16(17)23(26)27/h3-8,10,13H,1-2,9,11H2. The van der Waals surface area contributed by atoms with Gasteiger partial charge in [-0.2, -0.15) is 0 Å². The monoisotopic (exact) mass is 390 g/mol. The van der Waals surface area contributed by atoms with Crippen LogP contribution in [0.1, 0.15) is 23.2 Å². The van der Waals surface area contributed by atoms with Crippen LogP contribution in [0, 0.1) is 27.7 Å². The van der Waals surface area contributed by atoms with Crippen molar-refractivity contribution in [2.75, 3.05) is 13.1 Å². The van der Waals surface area contributed by atoms with Gasteiger partial charge >= 0.3 is 11.7 Å². The van der Waals surface area contributed by atoms with Gasteiger partial charge in [-0.25, -0.2) is 8.78 Å². The molecule has 0 bridgehead atoms. The van der Waals surface area contributed by atoms with Crippen LogP contribution in [0.2, 0.25) is 0 Å². The molecule has 0 saturated carbocycles. The van der Waals surface area contributed by atoms with Crippen LogP contribution in [0.4, 0.5) is 14.5 Å². The van der Waals surface area contributed by atoms with Crippen LogP contribution in [0.15, 0.2) is 42.5 Å². The van der Waals surface area contributed by atoms with E-state index in [-0.39, 0.29) is 18.0 Å². The van der Waals surface area contributed by atoms with Crippen molar-refractivity contribution in [3.63, 3.8) is 0 Å². The Balaban J connectivity index is 1.71. The van der Waals surface area contributed by atoms with E-state index in [0.29, 0.717) is 19.4 Å². The quantitative estimate of drug-likeness (QED) is 0.346. The molecule has 1 fully saturated rings. The first kappa shape index (κ1) is 19.4. The number of esters is 1.